The molecule has 6 heteroatoms. The van der Waals surface area contributed by atoms with Crippen molar-refractivity contribution < 1.29 is 4.79 Å². The third-order valence-corrected chi connectivity index (χ3v) is 6.97. The Hall–Kier alpha value is -1.89. The summed E-state index contributed by atoms with van der Waals surface area (Å²) < 4.78 is 0. The van der Waals surface area contributed by atoms with Crippen LogP contribution in [0, 0.1) is 0 Å². The molecule has 30 heavy (non-hydrogen) atoms. The Morgan fingerprint density at radius 2 is 1.90 bits per heavy atom. The van der Waals surface area contributed by atoms with E-state index in [2.05, 4.69) is 51.9 Å². The molecule has 1 amide bonds. The minimum atomic E-state index is 0.294. The van der Waals surface area contributed by atoms with Crippen LogP contribution in [0.3, 0.4) is 0 Å². The quantitative estimate of drug-likeness (QED) is 0.771. The van der Waals surface area contributed by atoms with E-state index in [1.54, 1.807) is 6.20 Å². The van der Waals surface area contributed by atoms with Gasteiger partial charge in [0.05, 0.1) is 6.54 Å². The molecule has 2 fully saturated rings. The fraction of sp³-hybridized carbons (Fsp3) is 0.625. The Kier molecular flexibility index (Phi) is 6.76. The SMILES string of the molecule is CN(C)C/C(=C\N)c1ccc2c(c1)CCN(CC(=O)N1CCN(C3CCC3)CC1)C2. The number of rotatable bonds is 6. The first kappa shape index (κ1) is 21.3. The van der Waals surface area contributed by atoms with E-state index >= 15 is 0 Å². The highest BCUT2D eigenvalue weighted by Gasteiger charge is 2.30. The summed E-state index contributed by atoms with van der Waals surface area (Å²) in [6.07, 6.45) is 6.79. The molecule has 164 valence electrons. The molecule has 4 rings (SSSR count). The van der Waals surface area contributed by atoms with Crippen LogP contribution in [0.25, 0.3) is 5.57 Å². The van der Waals surface area contributed by atoms with E-state index in [1.807, 2.05) is 0 Å². The molecule has 3 aliphatic rings. The lowest BCUT2D eigenvalue weighted by molar-refractivity contribution is -0.135. The molecular formula is C24H37N5O. The minimum Gasteiger partial charge on any atom is -0.404 e. The third-order valence-electron chi connectivity index (χ3n) is 6.97. The van der Waals surface area contributed by atoms with Gasteiger partial charge >= 0.3 is 0 Å². The van der Waals surface area contributed by atoms with E-state index in [0.717, 1.165) is 63.8 Å². The van der Waals surface area contributed by atoms with Gasteiger partial charge in [-0.1, -0.05) is 24.6 Å². The van der Waals surface area contributed by atoms with Crippen LogP contribution in [0.15, 0.2) is 24.4 Å². The second-order valence-electron chi connectivity index (χ2n) is 9.38. The van der Waals surface area contributed by atoms with Crippen LogP contribution in [0.2, 0.25) is 0 Å². The largest absolute Gasteiger partial charge is 0.404 e. The van der Waals surface area contributed by atoms with Gasteiger partial charge in [-0.25, -0.2) is 0 Å². The molecule has 0 unspecified atom stereocenters. The average molecular weight is 412 g/mol. The third kappa shape index (κ3) is 4.88. The first-order valence-electron chi connectivity index (χ1n) is 11.5. The predicted octanol–water partition coefficient (Wildman–Crippen LogP) is 1.60. The van der Waals surface area contributed by atoms with Gasteiger partial charge in [0.1, 0.15) is 0 Å². The minimum absolute atomic E-state index is 0.294. The number of nitrogens with zero attached hydrogens (tertiary/aromatic N) is 4. The number of hydrogen-bond donors (Lipinski definition) is 1. The van der Waals surface area contributed by atoms with Crippen LogP contribution < -0.4 is 5.73 Å². The molecule has 1 aromatic rings. The van der Waals surface area contributed by atoms with Crippen molar-refractivity contribution in [2.24, 2.45) is 5.73 Å². The van der Waals surface area contributed by atoms with Crippen LogP contribution in [0.5, 0.6) is 0 Å². The van der Waals surface area contributed by atoms with Crippen LogP contribution >= 0.6 is 0 Å². The van der Waals surface area contributed by atoms with Crippen molar-refractivity contribution in [3.05, 3.63) is 41.1 Å². The van der Waals surface area contributed by atoms with Crippen LogP contribution in [-0.4, -0.2) is 91.5 Å². The molecule has 1 aromatic carbocycles. The van der Waals surface area contributed by atoms with Gasteiger partial charge in [-0.15, -0.1) is 0 Å². The molecule has 1 aliphatic carbocycles. The lowest BCUT2D eigenvalue weighted by Gasteiger charge is -2.43. The van der Waals surface area contributed by atoms with Crippen LogP contribution in [-0.2, 0) is 17.8 Å². The number of benzene rings is 1. The van der Waals surface area contributed by atoms with E-state index < -0.39 is 0 Å². The van der Waals surface area contributed by atoms with Crippen molar-refractivity contribution in [2.45, 2.75) is 38.3 Å². The van der Waals surface area contributed by atoms with Crippen molar-refractivity contribution in [2.75, 3.05) is 59.9 Å². The number of fused-ring (bicyclic) bond motifs is 1. The molecule has 6 nitrogen and oxygen atoms in total. The molecule has 0 bridgehead atoms. The van der Waals surface area contributed by atoms with Crippen LogP contribution in [0.4, 0.5) is 0 Å². The number of piperazine rings is 1. The van der Waals surface area contributed by atoms with Gasteiger partial charge in [-0.3, -0.25) is 14.6 Å². The highest BCUT2D eigenvalue weighted by atomic mass is 16.2. The van der Waals surface area contributed by atoms with E-state index in [9.17, 15) is 4.79 Å². The maximum absolute atomic E-state index is 12.9. The Bertz CT molecular complexity index is 778. The topological polar surface area (TPSA) is 56.1 Å². The number of nitrogens with two attached hydrogens (primary N) is 1. The van der Waals surface area contributed by atoms with Gasteiger partial charge in [-0.05, 0) is 61.8 Å². The molecule has 1 saturated heterocycles. The van der Waals surface area contributed by atoms with Gasteiger partial charge in [0.25, 0.3) is 0 Å². The molecule has 0 atom stereocenters. The van der Waals surface area contributed by atoms with Crippen LogP contribution in [0.1, 0.15) is 36.0 Å². The summed E-state index contributed by atoms with van der Waals surface area (Å²) in [7, 11) is 4.12. The normalized spacial score (nSPS) is 21.6. The van der Waals surface area contributed by atoms with Gasteiger partial charge in [-0.2, -0.15) is 0 Å². The number of amides is 1. The van der Waals surface area contributed by atoms with Gasteiger partial charge < -0.3 is 15.5 Å². The van der Waals surface area contributed by atoms with Crippen molar-refractivity contribution in [3.8, 4) is 0 Å². The Morgan fingerprint density at radius 3 is 2.53 bits per heavy atom. The summed E-state index contributed by atoms with van der Waals surface area (Å²) >= 11 is 0. The summed E-state index contributed by atoms with van der Waals surface area (Å²) in [5, 5.41) is 0. The molecule has 2 heterocycles. The monoisotopic (exact) mass is 411 g/mol. The second kappa shape index (κ2) is 9.50. The summed E-state index contributed by atoms with van der Waals surface area (Å²) in [6, 6.07) is 7.47. The molecule has 0 aromatic heterocycles. The van der Waals surface area contributed by atoms with Gasteiger partial charge in [0.2, 0.25) is 5.91 Å². The maximum Gasteiger partial charge on any atom is 0.236 e. The van der Waals surface area contributed by atoms with Crippen molar-refractivity contribution in [3.63, 3.8) is 0 Å². The first-order valence-corrected chi connectivity index (χ1v) is 11.5. The standard InChI is InChI=1S/C24H37N5O/c1-26(2)16-22(15-25)19-6-7-21-17-27(9-8-20(21)14-19)18-24(30)29-12-10-28(11-13-29)23-4-3-5-23/h6-7,14-15,23H,3-5,8-13,16-18,25H2,1-2H3/b22-15+. The lowest BCUT2D eigenvalue weighted by Crippen LogP contribution is -2.55. The number of carbonyl (C=O) groups excluding carboxylic acids is 1. The average Bonchev–Trinajstić information content (AvgIpc) is 2.70. The summed E-state index contributed by atoms with van der Waals surface area (Å²) in [4.78, 5) is 22.0. The Labute approximate surface area is 181 Å². The first-order chi connectivity index (χ1) is 14.5. The van der Waals surface area contributed by atoms with Crippen molar-refractivity contribution in [1.29, 1.82) is 0 Å². The fourth-order valence-corrected chi connectivity index (χ4v) is 4.91. The second-order valence-corrected chi connectivity index (χ2v) is 9.38. The van der Waals surface area contributed by atoms with Crippen molar-refractivity contribution >= 4 is 11.5 Å². The molecular weight excluding hydrogens is 374 g/mol. The van der Waals surface area contributed by atoms with Gasteiger partial charge in [0, 0.05) is 51.9 Å². The number of likely N-dealkylation sites (N-methyl/N-ethyl adjacent to an activating group) is 1. The smallest absolute Gasteiger partial charge is 0.236 e. The predicted molar refractivity (Wildman–Crippen MR) is 122 cm³/mol. The summed E-state index contributed by atoms with van der Waals surface area (Å²) in [5.74, 6) is 0.294. The zero-order chi connectivity index (χ0) is 21.1. The highest BCUT2D eigenvalue weighted by Crippen LogP contribution is 2.26. The zero-order valence-corrected chi connectivity index (χ0v) is 18.6. The van der Waals surface area contributed by atoms with Gasteiger partial charge in [0.15, 0.2) is 0 Å². The maximum atomic E-state index is 12.9. The van der Waals surface area contributed by atoms with E-state index in [1.165, 1.54) is 36.0 Å². The van der Waals surface area contributed by atoms with Crippen molar-refractivity contribution in [1.82, 2.24) is 19.6 Å². The zero-order valence-electron chi connectivity index (χ0n) is 18.6. The fourth-order valence-electron chi connectivity index (χ4n) is 4.91. The number of hydrogen-bond acceptors (Lipinski definition) is 5. The Balaban J connectivity index is 1.30. The lowest BCUT2D eigenvalue weighted by atomic mass is 9.91. The van der Waals surface area contributed by atoms with E-state index in [4.69, 9.17) is 5.73 Å². The Morgan fingerprint density at radius 1 is 1.13 bits per heavy atom. The number of carbonyl (C=O) groups is 1. The summed E-state index contributed by atoms with van der Waals surface area (Å²) in [5.41, 5.74) is 11.0. The molecule has 2 N–H and O–H groups in total. The van der Waals surface area contributed by atoms with E-state index in [0.29, 0.717) is 12.5 Å². The molecule has 0 radical (unpaired) electrons. The van der Waals surface area contributed by atoms with E-state index in [-0.39, 0.29) is 0 Å². The molecule has 2 aliphatic heterocycles. The highest BCUT2D eigenvalue weighted by molar-refractivity contribution is 5.78. The molecule has 0 spiro atoms. The molecule has 1 saturated carbocycles. The summed E-state index contributed by atoms with van der Waals surface area (Å²) in [6.45, 7) is 7.06.